The van der Waals surface area contributed by atoms with E-state index < -0.39 is 5.97 Å². The first-order chi connectivity index (χ1) is 9.08. The van der Waals surface area contributed by atoms with Gasteiger partial charge in [0.25, 0.3) is 0 Å². The molecule has 4 nitrogen and oxygen atoms in total. The molecule has 0 saturated carbocycles. The Morgan fingerprint density at radius 3 is 2.89 bits per heavy atom. The normalized spacial score (nSPS) is 13.6. The van der Waals surface area contributed by atoms with Gasteiger partial charge in [-0.2, -0.15) is 5.10 Å². The van der Waals surface area contributed by atoms with Crippen LogP contribution in [0.2, 0.25) is 5.02 Å². The van der Waals surface area contributed by atoms with Gasteiger partial charge in [0, 0.05) is 19.9 Å². The maximum Gasteiger partial charge on any atom is 0.356 e. The number of fused-ring (bicyclic) bond motifs is 1. The second kappa shape index (κ2) is 4.79. The molecular weight excluding hydrogens is 379 g/mol. The smallest absolute Gasteiger partial charge is 0.356 e. The summed E-state index contributed by atoms with van der Waals surface area (Å²) in [5, 5.41) is 14.1. The summed E-state index contributed by atoms with van der Waals surface area (Å²) in [6.07, 6.45) is 2.65. The molecule has 1 aliphatic rings. The fourth-order valence-electron chi connectivity index (χ4n) is 2.46. The second-order valence-electron chi connectivity index (χ2n) is 4.44. The molecule has 0 radical (unpaired) electrons. The molecule has 2 aromatic rings. The van der Waals surface area contributed by atoms with Crippen LogP contribution in [0.25, 0.3) is 5.69 Å². The number of carboxylic acids is 1. The summed E-state index contributed by atoms with van der Waals surface area (Å²) < 4.78 is 2.71. The molecule has 98 valence electrons. The molecule has 1 aromatic heterocycles. The number of nitrogens with zero attached hydrogens (tertiary/aromatic N) is 2. The standard InChI is InChI=1S/C13H10ClIN2O2/c14-7-4-5-11(9(15)6-7)17-10-3-1-2-8(10)12(16-17)13(18)19/h4-6H,1-3H2,(H,18,19). The van der Waals surface area contributed by atoms with Crippen molar-refractivity contribution in [1.29, 1.82) is 0 Å². The highest BCUT2D eigenvalue weighted by Crippen LogP contribution is 2.30. The maximum absolute atomic E-state index is 11.2. The Kier molecular flexibility index (Phi) is 3.26. The van der Waals surface area contributed by atoms with Crippen molar-refractivity contribution in [3.8, 4) is 5.69 Å². The third-order valence-electron chi connectivity index (χ3n) is 3.27. The summed E-state index contributed by atoms with van der Waals surface area (Å²) in [5.41, 5.74) is 2.95. The molecule has 1 aliphatic carbocycles. The topological polar surface area (TPSA) is 55.1 Å². The monoisotopic (exact) mass is 388 g/mol. The number of halogens is 2. The number of benzene rings is 1. The Bertz CT molecular complexity index is 682. The minimum atomic E-state index is -0.958. The van der Waals surface area contributed by atoms with Gasteiger partial charge < -0.3 is 5.11 Å². The van der Waals surface area contributed by atoms with Crippen LogP contribution >= 0.6 is 34.2 Å². The molecule has 0 aliphatic heterocycles. The summed E-state index contributed by atoms with van der Waals surface area (Å²) in [7, 11) is 0. The molecule has 0 fully saturated rings. The molecule has 0 amide bonds. The van der Waals surface area contributed by atoms with Crippen LogP contribution in [-0.4, -0.2) is 20.9 Å². The van der Waals surface area contributed by atoms with Gasteiger partial charge in [-0.15, -0.1) is 0 Å². The van der Waals surface area contributed by atoms with E-state index >= 15 is 0 Å². The van der Waals surface area contributed by atoms with Crippen LogP contribution in [0.4, 0.5) is 0 Å². The zero-order chi connectivity index (χ0) is 13.6. The molecule has 0 saturated heterocycles. The largest absolute Gasteiger partial charge is 0.476 e. The second-order valence-corrected chi connectivity index (χ2v) is 6.04. The third kappa shape index (κ3) is 2.14. The lowest BCUT2D eigenvalue weighted by Gasteiger charge is -2.08. The van der Waals surface area contributed by atoms with Gasteiger partial charge in [0.05, 0.1) is 5.69 Å². The van der Waals surface area contributed by atoms with Crippen LogP contribution in [-0.2, 0) is 12.8 Å². The van der Waals surface area contributed by atoms with Crippen LogP contribution in [0.1, 0.15) is 28.2 Å². The molecule has 19 heavy (non-hydrogen) atoms. The maximum atomic E-state index is 11.2. The van der Waals surface area contributed by atoms with E-state index in [2.05, 4.69) is 27.7 Å². The first-order valence-electron chi connectivity index (χ1n) is 5.87. The van der Waals surface area contributed by atoms with E-state index in [0.29, 0.717) is 5.02 Å². The van der Waals surface area contributed by atoms with E-state index in [9.17, 15) is 9.90 Å². The molecule has 0 unspecified atom stereocenters. The lowest BCUT2D eigenvalue weighted by molar-refractivity contribution is 0.0689. The Labute approximate surface area is 128 Å². The molecule has 3 rings (SSSR count). The summed E-state index contributed by atoms with van der Waals surface area (Å²) in [6.45, 7) is 0. The number of rotatable bonds is 2. The fourth-order valence-corrected chi connectivity index (χ4v) is 3.56. The van der Waals surface area contributed by atoms with E-state index in [1.807, 2.05) is 12.1 Å². The molecule has 6 heteroatoms. The van der Waals surface area contributed by atoms with Crippen LogP contribution in [0, 0.1) is 3.57 Å². The van der Waals surface area contributed by atoms with E-state index in [1.54, 1.807) is 10.7 Å². The Balaban J connectivity index is 2.21. The SMILES string of the molecule is O=C(O)c1nn(-c2ccc(Cl)cc2I)c2c1CCC2. The molecule has 0 atom stereocenters. The van der Waals surface area contributed by atoms with E-state index in [0.717, 1.165) is 39.8 Å². The Morgan fingerprint density at radius 1 is 1.42 bits per heavy atom. The van der Waals surface area contributed by atoms with E-state index in [1.165, 1.54) is 0 Å². The Hall–Kier alpha value is -1.08. The number of carboxylic acid groups (broad SMARTS) is 1. The van der Waals surface area contributed by atoms with Crippen molar-refractivity contribution >= 4 is 40.2 Å². The van der Waals surface area contributed by atoms with Gasteiger partial charge in [-0.05, 0) is 60.1 Å². The molecule has 0 spiro atoms. The van der Waals surface area contributed by atoms with Crippen molar-refractivity contribution < 1.29 is 9.90 Å². The minimum Gasteiger partial charge on any atom is -0.476 e. The predicted molar refractivity (Wildman–Crippen MR) is 80.3 cm³/mol. The van der Waals surface area contributed by atoms with Crippen molar-refractivity contribution in [3.05, 3.63) is 43.7 Å². The first-order valence-corrected chi connectivity index (χ1v) is 7.33. The van der Waals surface area contributed by atoms with Gasteiger partial charge in [-0.3, -0.25) is 0 Å². The van der Waals surface area contributed by atoms with E-state index in [-0.39, 0.29) is 5.69 Å². The lowest BCUT2D eigenvalue weighted by atomic mass is 10.2. The third-order valence-corrected chi connectivity index (χ3v) is 4.37. The zero-order valence-corrected chi connectivity index (χ0v) is 12.8. The highest BCUT2D eigenvalue weighted by Gasteiger charge is 2.27. The van der Waals surface area contributed by atoms with Crippen LogP contribution in [0.3, 0.4) is 0 Å². The van der Waals surface area contributed by atoms with E-state index in [4.69, 9.17) is 11.6 Å². The summed E-state index contributed by atoms with van der Waals surface area (Å²) in [4.78, 5) is 11.2. The van der Waals surface area contributed by atoms with Gasteiger partial charge in [0.15, 0.2) is 5.69 Å². The average Bonchev–Trinajstić information content (AvgIpc) is 2.90. The van der Waals surface area contributed by atoms with Gasteiger partial charge >= 0.3 is 5.97 Å². The minimum absolute atomic E-state index is 0.179. The highest BCUT2D eigenvalue weighted by molar-refractivity contribution is 14.1. The molecule has 1 heterocycles. The van der Waals surface area contributed by atoms with Crippen LogP contribution in [0.15, 0.2) is 18.2 Å². The summed E-state index contributed by atoms with van der Waals surface area (Å²) >= 11 is 8.14. The van der Waals surface area contributed by atoms with Gasteiger partial charge in [-0.25, -0.2) is 9.48 Å². The highest BCUT2D eigenvalue weighted by atomic mass is 127. The van der Waals surface area contributed by atoms with Crippen molar-refractivity contribution in [1.82, 2.24) is 9.78 Å². The quantitative estimate of drug-likeness (QED) is 0.803. The van der Waals surface area contributed by atoms with Crippen molar-refractivity contribution in [2.75, 3.05) is 0 Å². The summed E-state index contributed by atoms with van der Waals surface area (Å²) in [6, 6.07) is 5.52. The number of aromatic carboxylic acids is 1. The number of hydrogen-bond acceptors (Lipinski definition) is 2. The molecule has 1 N–H and O–H groups in total. The number of carbonyl (C=O) groups is 1. The van der Waals surface area contributed by atoms with Gasteiger partial charge in [0.2, 0.25) is 0 Å². The lowest BCUT2D eigenvalue weighted by Crippen LogP contribution is -2.05. The van der Waals surface area contributed by atoms with Crippen molar-refractivity contribution in [2.24, 2.45) is 0 Å². The molecular formula is C13H10ClIN2O2. The summed E-state index contributed by atoms with van der Waals surface area (Å²) in [5.74, 6) is -0.958. The number of aromatic nitrogens is 2. The van der Waals surface area contributed by atoms with Crippen LogP contribution < -0.4 is 0 Å². The van der Waals surface area contributed by atoms with Crippen LogP contribution in [0.5, 0.6) is 0 Å². The fraction of sp³-hybridized carbons (Fsp3) is 0.231. The molecule has 0 bridgehead atoms. The first kappa shape index (κ1) is 12.9. The molecule has 1 aromatic carbocycles. The van der Waals surface area contributed by atoms with Crippen molar-refractivity contribution in [3.63, 3.8) is 0 Å². The predicted octanol–water partition coefficient (Wildman–Crippen LogP) is 3.32. The average molecular weight is 389 g/mol. The van der Waals surface area contributed by atoms with Crippen molar-refractivity contribution in [2.45, 2.75) is 19.3 Å². The van der Waals surface area contributed by atoms with Gasteiger partial charge in [0.1, 0.15) is 0 Å². The zero-order valence-electron chi connectivity index (χ0n) is 9.86. The van der Waals surface area contributed by atoms with Gasteiger partial charge in [-0.1, -0.05) is 11.6 Å². The Morgan fingerprint density at radius 2 is 2.21 bits per heavy atom. The number of hydrogen-bond donors (Lipinski definition) is 1.